The topological polar surface area (TPSA) is 98.8 Å². The Morgan fingerprint density at radius 2 is 1.79 bits per heavy atom. The number of alkyl halides is 3. The zero-order valence-electron chi connectivity index (χ0n) is 22.6. The molecule has 0 radical (unpaired) electrons. The van der Waals surface area contributed by atoms with Gasteiger partial charge in [-0.15, -0.1) is 11.3 Å². The minimum Gasteiger partial charge on any atom is -0.489 e. The number of nitrogens with zero attached hydrogens (tertiary/aromatic N) is 6. The van der Waals surface area contributed by atoms with Crippen LogP contribution in [0.2, 0.25) is 0 Å². The van der Waals surface area contributed by atoms with Crippen LogP contribution in [0.15, 0.2) is 60.1 Å². The van der Waals surface area contributed by atoms with Gasteiger partial charge in [-0.2, -0.15) is 13.2 Å². The molecule has 0 aliphatic carbocycles. The molecule has 220 valence electrons. The number of hydrogen-bond acceptors (Lipinski definition) is 9. The molecule has 6 rings (SSSR count). The molecule has 1 fully saturated rings. The lowest BCUT2D eigenvalue weighted by atomic mass is 10.1. The molecule has 10 nitrogen and oxygen atoms in total. The van der Waals surface area contributed by atoms with Crippen molar-refractivity contribution in [2.75, 3.05) is 37.7 Å². The van der Waals surface area contributed by atoms with E-state index in [1.807, 2.05) is 36.6 Å². The number of fused-ring (bicyclic) bond motifs is 1. The van der Waals surface area contributed by atoms with E-state index in [-0.39, 0.29) is 18.4 Å². The van der Waals surface area contributed by atoms with E-state index in [4.69, 9.17) is 9.47 Å². The van der Waals surface area contributed by atoms with Gasteiger partial charge in [-0.05, 0) is 48.2 Å². The largest absolute Gasteiger partial charge is 0.489 e. The summed E-state index contributed by atoms with van der Waals surface area (Å²) in [5, 5.41) is 13.6. The highest BCUT2D eigenvalue weighted by molar-refractivity contribution is 7.13. The van der Waals surface area contributed by atoms with Crippen LogP contribution in [0.3, 0.4) is 0 Å². The molecule has 0 N–H and O–H groups in total. The fraction of sp³-hybridized carbons (Fsp3) is 0.357. The highest BCUT2D eigenvalue weighted by Gasteiger charge is 2.41. The fourth-order valence-electron chi connectivity index (χ4n) is 5.05. The SMILES string of the molecule is CC1(COc2ccc(N3CCN(Cc4csc(-c5ccc(C(F)(F)F)cc5)n4)CC3)cc2)Cn2cc([N+](=O)[O-])nc2O1. The van der Waals surface area contributed by atoms with Crippen LogP contribution < -0.4 is 14.4 Å². The van der Waals surface area contributed by atoms with E-state index in [1.54, 1.807) is 4.57 Å². The molecule has 0 saturated carbocycles. The number of aromatic nitrogens is 3. The summed E-state index contributed by atoms with van der Waals surface area (Å²) in [6, 6.07) is 13.2. The normalized spacial score (nSPS) is 19.0. The molecular formula is C28H27F3N6O4S. The summed E-state index contributed by atoms with van der Waals surface area (Å²) in [7, 11) is 0. The smallest absolute Gasteiger partial charge is 0.416 e. The summed E-state index contributed by atoms with van der Waals surface area (Å²) in [6.07, 6.45) is -2.98. The Morgan fingerprint density at radius 3 is 2.43 bits per heavy atom. The summed E-state index contributed by atoms with van der Waals surface area (Å²) in [5.41, 5.74) is 1.34. The Morgan fingerprint density at radius 1 is 1.07 bits per heavy atom. The molecule has 2 aromatic heterocycles. The van der Waals surface area contributed by atoms with Crippen molar-refractivity contribution in [2.24, 2.45) is 0 Å². The maximum absolute atomic E-state index is 12.8. The third-order valence-electron chi connectivity index (χ3n) is 7.27. The van der Waals surface area contributed by atoms with Crippen LogP contribution >= 0.6 is 11.3 Å². The quantitative estimate of drug-likeness (QED) is 0.194. The van der Waals surface area contributed by atoms with E-state index < -0.39 is 22.3 Å². The van der Waals surface area contributed by atoms with Crippen molar-refractivity contribution in [3.05, 3.63) is 81.5 Å². The van der Waals surface area contributed by atoms with E-state index in [1.165, 1.54) is 29.7 Å². The Hall–Kier alpha value is -4.17. The average molecular weight is 601 g/mol. The minimum absolute atomic E-state index is 0.219. The summed E-state index contributed by atoms with van der Waals surface area (Å²) < 4.78 is 52.0. The predicted octanol–water partition coefficient (Wildman–Crippen LogP) is 5.49. The van der Waals surface area contributed by atoms with Crippen LogP contribution in [0, 0.1) is 10.1 Å². The molecule has 4 heterocycles. The van der Waals surface area contributed by atoms with Crippen LogP contribution in [0.1, 0.15) is 18.2 Å². The molecule has 0 amide bonds. The zero-order valence-corrected chi connectivity index (χ0v) is 23.4. The molecule has 1 saturated heterocycles. The summed E-state index contributed by atoms with van der Waals surface area (Å²) in [5.74, 6) is 0.462. The van der Waals surface area contributed by atoms with Crippen molar-refractivity contribution >= 4 is 22.8 Å². The lowest BCUT2D eigenvalue weighted by Crippen LogP contribution is -2.46. The zero-order chi connectivity index (χ0) is 29.5. The first-order valence-corrected chi connectivity index (χ1v) is 14.2. The van der Waals surface area contributed by atoms with Crippen molar-refractivity contribution < 1.29 is 27.6 Å². The van der Waals surface area contributed by atoms with E-state index in [0.717, 1.165) is 49.7 Å². The van der Waals surface area contributed by atoms with Crippen LogP contribution in [0.4, 0.5) is 24.7 Å². The first-order valence-electron chi connectivity index (χ1n) is 13.3. The maximum Gasteiger partial charge on any atom is 0.416 e. The van der Waals surface area contributed by atoms with Crippen molar-refractivity contribution in [3.8, 4) is 22.3 Å². The Balaban J connectivity index is 0.969. The van der Waals surface area contributed by atoms with Gasteiger partial charge >= 0.3 is 18.0 Å². The van der Waals surface area contributed by atoms with Gasteiger partial charge in [0.2, 0.25) is 0 Å². The van der Waals surface area contributed by atoms with Crippen LogP contribution in [0.25, 0.3) is 10.6 Å². The standard InChI is InChI=1S/C28H27F3N6O4S/c1-27(17-36-15-24(37(38)39)33-26(36)41-27)18-40-23-8-6-22(7-9-23)35-12-10-34(11-13-35)14-21-16-42-25(32-21)19-2-4-20(5-3-19)28(29,30)31/h2-9,15-16H,10-14,17-18H2,1H3. The monoisotopic (exact) mass is 600 g/mol. The molecule has 1 atom stereocenters. The number of rotatable bonds is 8. The van der Waals surface area contributed by atoms with E-state index in [0.29, 0.717) is 29.4 Å². The predicted molar refractivity (Wildman–Crippen MR) is 150 cm³/mol. The fourth-order valence-corrected chi connectivity index (χ4v) is 5.87. The van der Waals surface area contributed by atoms with Crippen molar-refractivity contribution in [1.82, 2.24) is 19.4 Å². The third-order valence-corrected chi connectivity index (χ3v) is 8.21. The number of anilines is 1. The number of halogens is 3. The van der Waals surface area contributed by atoms with Gasteiger partial charge in [0.25, 0.3) is 0 Å². The molecular weight excluding hydrogens is 573 g/mol. The minimum atomic E-state index is -4.35. The van der Waals surface area contributed by atoms with Crippen LogP contribution in [-0.4, -0.2) is 62.7 Å². The van der Waals surface area contributed by atoms with E-state index in [9.17, 15) is 23.3 Å². The van der Waals surface area contributed by atoms with Gasteiger partial charge in [-0.3, -0.25) is 9.47 Å². The van der Waals surface area contributed by atoms with Crippen molar-refractivity contribution in [1.29, 1.82) is 0 Å². The Labute approximate surface area is 243 Å². The van der Waals surface area contributed by atoms with Gasteiger partial charge in [0.15, 0.2) is 5.60 Å². The molecule has 4 aromatic rings. The highest BCUT2D eigenvalue weighted by Crippen LogP contribution is 2.33. The molecule has 0 bridgehead atoms. The summed E-state index contributed by atoms with van der Waals surface area (Å²) in [6.45, 7) is 6.64. The number of nitro groups is 1. The molecule has 42 heavy (non-hydrogen) atoms. The molecule has 2 aromatic carbocycles. The van der Waals surface area contributed by atoms with Crippen molar-refractivity contribution in [3.63, 3.8) is 0 Å². The number of hydrogen-bond donors (Lipinski definition) is 0. The molecule has 14 heteroatoms. The third kappa shape index (κ3) is 6.04. The average Bonchev–Trinajstić information content (AvgIpc) is 3.67. The maximum atomic E-state index is 12.8. The number of imidazole rings is 1. The van der Waals surface area contributed by atoms with Crippen LogP contribution in [0.5, 0.6) is 11.8 Å². The second-order valence-corrected chi connectivity index (χ2v) is 11.4. The first-order chi connectivity index (χ1) is 20.0. The number of ether oxygens (including phenoxy) is 2. The lowest BCUT2D eigenvalue weighted by Gasteiger charge is -2.35. The summed E-state index contributed by atoms with van der Waals surface area (Å²) in [4.78, 5) is 23.5. The lowest BCUT2D eigenvalue weighted by molar-refractivity contribution is -0.389. The molecule has 2 aliphatic heterocycles. The van der Waals surface area contributed by atoms with Crippen molar-refractivity contribution in [2.45, 2.75) is 31.8 Å². The molecule has 0 spiro atoms. The van der Waals surface area contributed by atoms with Gasteiger partial charge in [0, 0.05) is 54.3 Å². The number of piperazine rings is 1. The second kappa shape index (κ2) is 10.9. The van der Waals surface area contributed by atoms with Gasteiger partial charge < -0.3 is 24.5 Å². The summed E-state index contributed by atoms with van der Waals surface area (Å²) >= 11 is 1.44. The highest BCUT2D eigenvalue weighted by atomic mass is 32.1. The Bertz CT molecular complexity index is 1540. The first kappa shape index (κ1) is 28.0. The van der Waals surface area contributed by atoms with Gasteiger partial charge in [-0.25, -0.2) is 4.98 Å². The number of benzene rings is 2. The van der Waals surface area contributed by atoms with Gasteiger partial charge in [0.1, 0.15) is 23.6 Å². The Kier molecular flexibility index (Phi) is 7.27. The van der Waals surface area contributed by atoms with Gasteiger partial charge in [-0.1, -0.05) is 12.1 Å². The second-order valence-electron chi connectivity index (χ2n) is 10.6. The number of thiazole rings is 1. The van der Waals surface area contributed by atoms with Crippen LogP contribution in [-0.2, 0) is 19.3 Å². The van der Waals surface area contributed by atoms with E-state index in [2.05, 4.69) is 19.8 Å². The van der Waals surface area contributed by atoms with E-state index >= 15 is 0 Å². The molecule has 2 aliphatic rings. The van der Waals surface area contributed by atoms with Gasteiger partial charge in [0.05, 0.1) is 17.8 Å². The molecule has 1 unspecified atom stereocenters.